The predicted octanol–water partition coefficient (Wildman–Crippen LogP) is 4.95. The lowest BCUT2D eigenvalue weighted by atomic mass is 9.83. The Labute approximate surface area is 186 Å². The molecule has 0 amide bonds. The summed E-state index contributed by atoms with van der Waals surface area (Å²) in [6.45, 7) is 3.80. The topological polar surface area (TPSA) is 71.1 Å². The van der Waals surface area contributed by atoms with E-state index in [9.17, 15) is 9.59 Å². The van der Waals surface area contributed by atoms with Gasteiger partial charge in [-0.1, -0.05) is 0 Å². The molecule has 6 nitrogen and oxygen atoms in total. The smallest absolute Gasteiger partial charge is 0.194 e. The predicted molar refractivity (Wildman–Crippen MR) is 123 cm³/mol. The summed E-state index contributed by atoms with van der Waals surface area (Å²) in [5, 5.41) is 1.46. The van der Waals surface area contributed by atoms with Crippen molar-refractivity contribution >= 4 is 27.9 Å². The first-order valence-electron chi connectivity index (χ1n) is 10.1. The Balaban J connectivity index is 2.04. The van der Waals surface area contributed by atoms with Crippen molar-refractivity contribution in [3.63, 3.8) is 0 Å². The number of hydrogen-bond acceptors (Lipinski definition) is 6. The molecule has 0 unspecified atom stereocenters. The van der Waals surface area contributed by atoms with Gasteiger partial charge in [0.05, 0.1) is 39.4 Å². The maximum atomic E-state index is 13.6. The van der Waals surface area contributed by atoms with Gasteiger partial charge >= 0.3 is 0 Å². The van der Waals surface area contributed by atoms with E-state index in [1.54, 1.807) is 32.4 Å². The minimum atomic E-state index is -0.297. The van der Waals surface area contributed by atoms with E-state index in [0.29, 0.717) is 34.1 Å². The first-order valence-corrected chi connectivity index (χ1v) is 10.1. The molecule has 164 valence electrons. The van der Waals surface area contributed by atoms with Crippen molar-refractivity contribution in [2.24, 2.45) is 0 Å². The number of hydrogen-bond donors (Lipinski definition) is 0. The van der Waals surface area contributed by atoms with Crippen molar-refractivity contribution in [1.29, 1.82) is 0 Å². The van der Waals surface area contributed by atoms with Gasteiger partial charge in [0.15, 0.2) is 11.6 Å². The Bertz CT molecular complexity index is 1320. The monoisotopic (exact) mass is 432 g/mol. The van der Waals surface area contributed by atoms with Crippen LogP contribution in [0.25, 0.3) is 16.3 Å². The lowest BCUT2D eigenvalue weighted by molar-refractivity contribution is 0.0998. The van der Waals surface area contributed by atoms with Gasteiger partial charge < -0.3 is 18.9 Å². The molecule has 1 aliphatic carbocycles. The van der Waals surface area contributed by atoms with Gasteiger partial charge in [-0.3, -0.25) is 9.59 Å². The Morgan fingerprint density at radius 1 is 0.656 bits per heavy atom. The zero-order valence-corrected chi connectivity index (χ0v) is 18.9. The van der Waals surface area contributed by atoms with E-state index in [-0.39, 0.29) is 22.7 Å². The molecule has 0 aliphatic heterocycles. The molecule has 4 rings (SSSR count). The van der Waals surface area contributed by atoms with Crippen LogP contribution in [0, 0.1) is 13.8 Å². The molecule has 0 heterocycles. The fourth-order valence-corrected chi connectivity index (χ4v) is 4.30. The molecular weight excluding hydrogens is 408 g/mol. The van der Waals surface area contributed by atoms with Crippen LogP contribution in [0.1, 0.15) is 37.4 Å². The second kappa shape index (κ2) is 8.04. The highest BCUT2D eigenvalue weighted by atomic mass is 16.5. The van der Waals surface area contributed by atoms with Crippen molar-refractivity contribution < 1.29 is 28.5 Å². The molecule has 0 aromatic heterocycles. The first kappa shape index (κ1) is 21.4. The molecule has 0 saturated heterocycles. The number of ketones is 2. The number of rotatable bonds is 5. The lowest BCUT2D eigenvalue weighted by Crippen LogP contribution is -2.18. The summed E-state index contributed by atoms with van der Waals surface area (Å²) < 4.78 is 22.4. The summed E-state index contributed by atoms with van der Waals surface area (Å²) in [7, 11) is 6.16. The molecule has 1 aliphatic rings. The van der Waals surface area contributed by atoms with E-state index in [1.165, 1.54) is 20.3 Å². The molecule has 32 heavy (non-hydrogen) atoms. The number of ether oxygens (including phenoxy) is 4. The van der Waals surface area contributed by atoms with E-state index in [0.717, 1.165) is 21.9 Å². The fraction of sp³-hybridized carbons (Fsp3) is 0.231. The van der Waals surface area contributed by atoms with E-state index >= 15 is 0 Å². The summed E-state index contributed by atoms with van der Waals surface area (Å²) in [6, 6.07) is 9.03. The number of methoxy groups -OCH3 is 4. The van der Waals surface area contributed by atoms with Crippen LogP contribution in [0.5, 0.6) is 23.0 Å². The number of benzene rings is 3. The SMILES string of the molecule is COc1cc(C)cc2c1C(=O)C=C(c1cc(OC)c3c(OC)cc(C)cc3c1OC)C2=O. The summed E-state index contributed by atoms with van der Waals surface area (Å²) in [6.07, 6.45) is 1.35. The van der Waals surface area contributed by atoms with Crippen LogP contribution in [0.3, 0.4) is 0 Å². The van der Waals surface area contributed by atoms with Crippen LogP contribution in [-0.4, -0.2) is 40.0 Å². The zero-order chi connectivity index (χ0) is 23.2. The van der Waals surface area contributed by atoms with Gasteiger partial charge in [0.25, 0.3) is 0 Å². The van der Waals surface area contributed by atoms with Gasteiger partial charge in [-0.2, -0.15) is 0 Å². The second-order valence-corrected chi connectivity index (χ2v) is 7.69. The van der Waals surface area contributed by atoms with Gasteiger partial charge in [-0.05, 0) is 61.4 Å². The summed E-state index contributed by atoms with van der Waals surface area (Å²) >= 11 is 0. The molecule has 6 heteroatoms. The average molecular weight is 432 g/mol. The Kier molecular flexibility index (Phi) is 5.38. The van der Waals surface area contributed by atoms with Gasteiger partial charge in [0.1, 0.15) is 23.0 Å². The Morgan fingerprint density at radius 2 is 1.25 bits per heavy atom. The van der Waals surface area contributed by atoms with Crippen LogP contribution in [0.4, 0.5) is 0 Å². The van der Waals surface area contributed by atoms with Crippen molar-refractivity contribution in [3.05, 3.63) is 64.2 Å². The Hall–Kier alpha value is -3.80. The van der Waals surface area contributed by atoms with Gasteiger partial charge in [-0.15, -0.1) is 0 Å². The minimum Gasteiger partial charge on any atom is -0.496 e. The summed E-state index contributed by atoms with van der Waals surface area (Å²) in [5.41, 5.74) is 3.09. The van der Waals surface area contributed by atoms with Crippen molar-refractivity contribution in [3.8, 4) is 23.0 Å². The quantitative estimate of drug-likeness (QED) is 0.568. The molecule has 0 atom stereocenters. The standard InChI is InChI=1S/C26H24O6/c1-13-7-17-23(20(9-13)29-3)19(27)11-15(25(17)28)16-12-22(31-5)24-18(26(16)32-6)8-14(2)10-21(24)30-4/h7-12H,1-6H3. The van der Waals surface area contributed by atoms with Crippen LogP contribution in [0.15, 0.2) is 36.4 Å². The second-order valence-electron chi connectivity index (χ2n) is 7.69. The summed E-state index contributed by atoms with van der Waals surface area (Å²) in [5.74, 6) is 1.43. The Morgan fingerprint density at radius 3 is 1.88 bits per heavy atom. The molecule has 0 radical (unpaired) electrons. The fourth-order valence-electron chi connectivity index (χ4n) is 4.30. The third kappa shape index (κ3) is 3.19. The molecule has 3 aromatic carbocycles. The van der Waals surface area contributed by atoms with E-state index in [1.807, 2.05) is 26.0 Å². The molecule has 0 bridgehead atoms. The van der Waals surface area contributed by atoms with Crippen molar-refractivity contribution in [1.82, 2.24) is 0 Å². The van der Waals surface area contributed by atoms with Gasteiger partial charge in [-0.25, -0.2) is 0 Å². The highest BCUT2D eigenvalue weighted by molar-refractivity contribution is 6.40. The van der Waals surface area contributed by atoms with E-state index < -0.39 is 0 Å². The number of Topliss-reactive ketones (excluding diaryl/α,β-unsaturated/α-hetero) is 1. The van der Waals surface area contributed by atoms with Crippen LogP contribution in [0.2, 0.25) is 0 Å². The average Bonchev–Trinajstić information content (AvgIpc) is 2.78. The van der Waals surface area contributed by atoms with E-state index in [2.05, 4.69) is 0 Å². The van der Waals surface area contributed by atoms with Gasteiger partial charge in [0, 0.05) is 22.1 Å². The van der Waals surface area contributed by atoms with Crippen LogP contribution in [-0.2, 0) is 0 Å². The number of allylic oxidation sites excluding steroid dienone is 2. The normalized spacial score (nSPS) is 13.0. The lowest BCUT2D eigenvalue weighted by Gasteiger charge is -2.22. The minimum absolute atomic E-state index is 0.243. The van der Waals surface area contributed by atoms with Crippen molar-refractivity contribution in [2.45, 2.75) is 13.8 Å². The molecule has 3 aromatic rings. The van der Waals surface area contributed by atoms with Crippen molar-refractivity contribution in [2.75, 3.05) is 28.4 Å². The third-order valence-electron chi connectivity index (χ3n) is 5.67. The number of carbonyl (C=O) groups excluding carboxylic acids is 2. The number of aryl methyl sites for hydroxylation is 2. The maximum Gasteiger partial charge on any atom is 0.194 e. The summed E-state index contributed by atoms with van der Waals surface area (Å²) in [4.78, 5) is 26.7. The molecule has 0 fully saturated rings. The molecule has 0 spiro atoms. The molecular formula is C26H24O6. The largest absolute Gasteiger partial charge is 0.496 e. The van der Waals surface area contributed by atoms with Crippen LogP contribution >= 0.6 is 0 Å². The maximum absolute atomic E-state index is 13.6. The number of carbonyl (C=O) groups is 2. The highest BCUT2D eigenvalue weighted by Gasteiger charge is 2.32. The van der Waals surface area contributed by atoms with Crippen LogP contribution < -0.4 is 18.9 Å². The highest BCUT2D eigenvalue weighted by Crippen LogP contribution is 2.46. The molecule has 0 N–H and O–H groups in total. The molecule has 0 saturated carbocycles. The first-order chi connectivity index (χ1) is 15.3. The zero-order valence-electron chi connectivity index (χ0n) is 18.9. The number of fused-ring (bicyclic) bond motifs is 2. The van der Waals surface area contributed by atoms with E-state index in [4.69, 9.17) is 18.9 Å². The van der Waals surface area contributed by atoms with Gasteiger partial charge in [0.2, 0.25) is 0 Å². The third-order valence-corrected chi connectivity index (χ3v) is 5.67.